The first-order valence-corrected chi connectivity index (χ1v) is 9.72. The summed E-state index contributed by atoms with van der Waals surface area (Å²) in [4.78, 5) is 2.07. The third-order valence-corrected chi connectivity index (χ3v) is 5.39. The van der Waals surface area contributed by atoms with E-state index in [1.54, 1.807) is 36.4 Å². The number of aryl methyl sites for hydroxylation is 1. The third-order valence-electron chi connectivity index (χ3n) is 4.02. The van der Waals surface area contributed by atoms with E-state index in [2.05, 4.69) is 14.9 Å². The Balaban J connectivity index is 1.76. The predicted octanol–water partition coefficient (Wildman–Crippen LogP) is 3.61. The van der Waals surface area contributed by atoms with Crippen LogP contribution in [-0.2, 0) is 16.4 Å². The van der Waals surface area contributed by atoms with Gasteiger partial charge in [-0.25, -0.2) is 8.42 Å². The Morgan fingerprint density at radius 2 is 1.62 bits per heavy atom. The van der Waals surface area contributed by atoms with E-state index in [9.17, 15) is 8.42 Å². The highest BCUT2D eigenvalue weighted by Crippen LogP contribution is 2.22. The smallest absolute Gasteiger partial charge is 0.263 e. The predicted molar refractivity (Wildman–Crippen MR) is 103 cm³/mol. The van der Waals surface area contributed by atoms with Crippen molar-refractivity contribution in [2.75, 3.05) is 16.7 Å². The first-order valence-electron chi connectivity index (χ1n) is 8.24. The lowest BCUT2D eigenvalue weighted by molar-refractivity contribution is 0.601. The molecular formula is C19H20N4O2S. The van der Waals surface area contributed by atoms with Gasteiger partial charge in [-0.3, -0.25) is 4.72 Å². The monoisotopic (exact) mass is 368 g/mol. The van der Waals surface area contributed by atoms with Gasteiger partial charge in [0.05, 0.1) is 4.90 Å². The van der Waals surface area contributed by atoms with E-state index in [0.29, 0.717) is 5.82 Å². The zero-order valence-corrected chi connectivity index (χ0v) is 15.4. The first kappa shape index (κ1) is 17.9. The van der Waals surface area contributed by atoms with Crippen LogP contribution in [0.4, 0.5) is 17.3 Å². The van der Waals surface area contributed by atoms with Crippen LogP contribution in [0.5, 0.6) is 0 Å². The van der Waals surface area contributed by atoms with Gasteiger partial charge in [0.2, 0.25) is 0 Å². The normalized spacial score (nSPS) is 11.2. The molecule has 0 aliphatic heterocycles. The van der Waals surface area contributed by atoms with Gasteiger partial charge < -0.3 is 4.90 Å². The van der Waals surface area contributed by atoms with Gasteiger partial charge in [-0.05, 0) is 48.4 Å². The summed E-state index contributed by atoms with van der Waals surface area (Å²) in [6.45, 7) is 2.02. The Labute approximate surface area is 153 Å². The molecule has 2 aromatic carbocycles. The van der Waals surface area contributed by atoms with E-state index >= 15 is 0 Å². The van der Waals surface area contributed by atoms with Crippen LogP contribution < -0.4 is 9.62 Å². The highest BCUT2D eigenvalue weighted by atomic mass is 32.2. The van der Waals surface area contributed by atoms with Crippen LogP contribution in [0, 0.1) is 0 Å². The minimum atomic E-state index is -3.69. The minimum Gasteiger partial charge on any atom is -0.328 e. The molecule has 1 N–H and O–H groups in total. The number of nitrogens with zero attached hydrogens (tertiary/aromatic N) is 3. The summed E-state index contributed by atoms with van der Waals surface area (Å²) in [5, 5.41) is 8.10. The van der Waals surface area contributed by atoms with Crippen LogP contribution in [0.2, 0.25) is 0 Å². The average molecular weight is 368 g/mol. The minimum absolute atomic E-state index is 0.176. The Kier molecular flexibility index (Phi) is 5.18. The number of rotatable bonds is 6. The molecule has 1 heterocycles. The number of nitrogens with one attached hydrogen (secondary N) is 1. The van der Waals surface area contributed by atoms with Crippen molar-refractivity contribution in [3.05, 3.63) is 72.3 Å². The lowest BCUT2D eigenvalue weighted by Gasteiger charge is -2.17. The molecule has 0 radical (unpaired) electrons. The second-order valence-corrected chi connectivity index (χ2v) is 7.46. The summed E-state index contributed by atoms with van der Waals surface area (Å²) >= 11 is 0. The number of benzene rings is 2. The maximum atomic E-state index is 12.5. The van der Waals surface area contributed by atoms with Crippen molar-refractivity contribution in [2.45, 2.75) is 18.2 Å². The molecule has 0 aliphatic carbocycles. The number of sulfonamides is 1. The Morgan fingerprint density at radius 3 is 2.19 bits per heavy atom. The maximum Gasteiger partial charge on any atom is 0.263 e. The Morgan fingerprint density at radius 1 is 0.923 bits per heavy atom. The van der Waals surface area contributed by atoms with Crippen LogP contribution in [0.1, 0.15) is 12.5 Å². The molecule has 3 aromatic rings. The molecular weight excluding hydrogens is 348 g/mol. The van der Waals surface area contributed by atoms with Gasteiger partial charge in [0.1, 0.15) is 0 Å². The zero-order chi connectivity index (χ0) is 18.6. The molecule has 0 saturated heterocycles. The fraction of sp³-hybridized carbons (Fsp3) is 0.158. The maximum absolute atomic E-state index is 12.5. The fourth-order valence-corrected chi connectivity index (χ4v) is 3.44. The van der Waals surface area contributed by atoms with Crippen molar-refractivity contribution in [2.24, 2.45) is 0 Å². The molecule has 1 aromatic heterocycles. The molecule has 0 aliphatic rings. The lowest BCUT2D eigenvalue weighted by atomic mass is 10.2. The van der Waals surface area contributed by atoms with E-state index in [-0.39, 0.29) is 10.7 Å². The van der Waals surface area contributed by atoms with Gasteiger partial charge >= 0.3 is 0 Å². The van der Waals surface area contributed by atoms with Gasteiger partial charge in [0, 0.05) is 12.7 Å². The molecule has 0 spiro atoms. The molecule has 26 heavy (non-hydrogen) atoms. The second-order valence-electron chi connectivity index (χ2n) is 5.77. The molecule has 0 unspecified atom stereocenters. The Bertz CT molecular complexity index is 957. The van der Waals surface area contributed by atoms with Crippen LogP contribution in [0.15, 0.2) is 71.6 Å². The number of anilines is 3. The van der Waals surface area contributed by atoms with E-state index in [4.69, 9.17) is 0 Å². The van der Waals surface area contributed by atoms with Gasteiger partial charge in [-0.2, -0.15) is 0 Å². The third kappa shape index (κ3) is 4.00. The molecule has 6 nitrogen and oxygen atoms in total. The van der Waals surface area contributed by atoms with Crippen LogP contribution in [-0.4, -0.2) is 25.7 Å². The standard InChI is InChI=1S/C19H20N4O2S/c1-3-15-9-11-17(12-10-15)26(24,25)22-18-13-14-19(21-20-18)23(2)16-7-5-4-6-8-16/h4-14H,3H2,1-2H3,(H,20,22). The summed E-state index contributed by atoms with van der Waals surface area (Å²) in [5.74, 6) is 0.793. The van der Waals surface area contributed by atoms with Crippen molar-refractivity contribution in [3.63, 3.8) is 0 Å². The van der Waals surface area contributed by atoms with E-state index in [0.717, 1.165) is 17.7 Å². The molecule has 7 heteroatoms. The zero-order valence-electron chi connectivity index (χ0n) is 14.6. The summed E-state index contributed by atoms with van der Waals surface area (Å²) < 4.78 is 27.4. The largest absolute Gasteiger partial charge is 0.328 e. The highest BCUT2D eigenvalue weighted by Gasteiger charge is 2.15. The first-order chi connectivity index (χ1) is 12.5. The van der Waals surface area contributed by atoms with E-state index in [1.165, 1.54) is 0 Å². The fourth-order valence-electron chi connectivity index (χ4n) is 2.44. The summed E-state index contributed by atoms with van der Waals surface area (Å²) in [6, 6.07) is 19.8. The Hall–Kier alpha value is -2.93. The van der Waals surface area contributed by atoms with Crippen LogP contribution in [0.25, 0.3) is 0 Å². The molecule has 0 amide bonds. The summed E-state index contributed by atoms with van der Waals surface area (Å²) in [6.07, 6.45) is 0.857. The van der Waals surface area contributed by atoms with E-state index in [1.807, 2.05) is 49.2 Å². The lowest BCUT2D eigenvalue weighted by Crippen LogP contribution is -2.16. The van der Waals surface area contributed by atoms with Gasteiger partial charge in [-0.1, -0.05) is 37.3 Å². The molecule has 134 valence electrons. The number of para-hydroxylation sites is 1. The molecule has 0 fully saturated rings. The van der Waals surface area contributed by atoms with Gasteiger partial charge in [0.25, 0.3) is 10.0 Å². The average Bonchev–Trinajstić information content (AvgIpc) is 2.68. The van der Waals surface area contributed by atoms with E-state index < -0.39 is 10.0 Å². The number of hydrogen-bond donors (Lipinski definition) is 1. The SMILES string of the molecule is CCc1ccc(S(=O)(=O)Nc2ccc(N(C)c3ccccc3)nn2)cc1. The van der Waals surface area contributed by atoms with Gasteiger partial charge in [0.15, 0.2) is 11.6 Å². The van der Waals surface area contributed by atoms with Crippen molar-refractivity contribution in [3.8, 4) is 0 Å². The summed E-state index contributed by atoms with van der Waals surface area (Å²) in [5.41, 5.74) is 2.04. The molecule has 0 atom stereocenters. The number of hydrogen-bond acceptors (Lipinski definition) is 5. The van der Waals surface area contributed by atoms with Gasteiger partial charge in [-0.15, -0.1) is 10.2 Å². The summed E-state index contributed by atoms with van der Waals surface area (Å²) in [7, 11) is -1.82. The molecule has 0 saturated carbocycles. The van der Waals surface area contributed by atoms with Crippen LogP contribution in [0.3, 0.4) is 0 Å². The van der Waals surface area contributed by atoms with Crippen molar-refractivity contribution in [1.82, 2.24) is 10.2 Å². The topological polar surface area (TPSA) is 75.2 Å². The van der Waals surface area contributed by atoms with Crippen molar-refractivity contribution in [1.29, 1.82) is 0 Å². The molecule has 3 rings (SSSR count). The van der Waals surface area contributed by atoms with Crippen molar-refractivity contribution >= 4 is 27.3 Å². The number of aromatic nitrogens is 2. The van der Waals surface area contributed by atoms with Crippen LogP contribution >= 0.6 is 0 Å². The quantitative estimate of drug-likeness (QED) is 0.719. The highest BCUT2D eigenvalue weighted by molar-refractivity contribution is 7.92. The molecule has 0 bridgehead atoms. The second kappa shape index (κ2) is 7.53. The van der Waals surface area contributed by atoms with Crippen molar-refractivity contribution < 1.29 is 8.42 Å².